The van der Waals surface area contributed by atoms with Crippen molar-refractivity contribution in [3.05, 3.63) is 34.9 Å². The first-order valence-corrected chi connectivity index (χ1v) is 8.07. The van der Waals surface area contributed by atoms with Crippen LogP contribution in [0.5, 0.6) is 0 Å². The zero-order valence-electron chi connectivity index (χ0n) is 14.5. The van der Waals surface area contributed by atoms with E-state index in [-0.39, 0.29) is 5.41 Å². The molecule has 2 rings (SSSR count). The van der Waals surface area contributed by atoms with Gasteiger partial charge in [0.2, 0.25) is 0 Å². The summed E-state index contributed by atoms with van der Waals surface area (Å²) >= 11 is 0. The molecule has 21 heavy (non-hydrogen) atoms. The summed E-state index contributed by atoms with van der Waals surface area (Å²) in [6.45, 7) is 14.5. The summed E-state index contributed by atoms with van der Waals surface area (Å²) in [5, 5.41) is 21.9. The van der Waals surface area contributed by atoms with Crippen molar-refractivity contribution in [1.82, 2.24) is 0 Å². The average molecular weight is 290 g/mol. The van der Waals surface area contributed by atoms with Crippen LogP contribution in [0.4, 0.5) is 0 Å². The van der Waals surface area contributed by atoms with E-state index in [1.54, 1.807) is 0 Å². The van der Waals surface area contributed by atoms with Gasteiger partial charge in [-0.25, -0.2) is 0 Å². The van der Waals surface area contributed by atoms with Gasteiger partial charge in [-0.05, 0) is 29.0 Å². The second-order valence-corrected chi connectivity index (χ2v) is 7.94. The van der Waals surface area contributed by atoms with E-state index in [2.05, 4.69) is 45.9 Å². The number of hydrogen-bond acceptors (Lipinski definition) is 2. The first-order chi connectivity index (χ1) is 9.51. The molecule has 1 aliphatic carbocycles. The van der Waals surface area contributed by atoms with Crippen molar-refractivity contribution in [1.29, 1.82) is 0 Å². The van der Waals surface area contributed by atoms with Crippen LogP contribution in [-0.2, 0) is 11.0 Å². The molecule has 1 aromatic carbocycles. The van der Waals surface area contributed by atoms with Crippen molar-refractivity contribution in [2.45, 2.75) is 77.9 Å². The smallest absolute Gasteiger partial charge is 0.106 e. The first kappa shape index (κ1) is 16.5. The quantitative estimate of drug-likeness (QED) is 0.877. The van der Waals surface area contributed by atoms with Crippen molar-refractivity contribution < 1.29 is 10.2 Å². The highest BCUT2D eigenvalue weighted by atomic mass is 16.3. The van der Waals surface area contributed by atoms with Gasteiger partial charge in [0.1, 0.15) is 5.60 Å². The lowest BCUT2D eigenvalue weighted by Crippen LogP contribution is -2.65. The van der Waals surface area contributed by atoms with Crippen molar-refractivity contribution in [2.75, 3.05) is 0 Å². The largest absolute Gasteiger partial charge is 0.392 e. The Bertz CT molecular complexity index is 542. The van der Waals surface area contributed by atoms with E-state index in [1.165, 1.54) is 11.1 Å². The summed E-state index contributed by atoms with van der Waals surface area (Å²) in [6.07, 6.45) is 0.116. The first-order valence-electron chi connectivity index (χ1n) is 8.07. The Hall–Kier alpha value is -0.860. The van der Waals surface area contributed by atoms with E-state index in [9.17, 15) is 10.2 Å². The van der Waals surface area contributed by atoms with Crippen LogP contribution in [0.1, 0.15) is 77.5 Å². The van der Waals surface area contributed by atoms with E-state index in [0.717, 1.165) is 5.56 Å². The molecular weight excluding hydrogens is 260 g/mol. The van der Waals surface area contributed by atoms with Crippen LogP contribution in [0.15, 0.2) is 18.2 Å². The van der Waals surface area contributed by atoms with Crippen LogP contribution < -0.4 is 0 Å². The molecule has 0 bridgehead atoms. The number of aliphatic hydroxyl groups excluding tert-OH is 1. The predicted molar refractivity (Wildman–Crippen MR) is 87.5 cm³/mol. The molecule has 0 unspecified atom stereocenters. The minimum atomic E-state index is -1.000. The van der Waals surface area contributed by atoms with Gasteiger partial charge in [-0.2, -0.15) is 0 Å². The Morgan fingerprint density at radius 3 is 2.19 bits per heavy atom. The molecule has 2 nitrogen and oxygen atoms in total. The molecule has 0 aliphatic heterocycles. The summed E-state index contributed by atoms with van der Waals surface area (Å²) in [6, 6.07) is 6.39. The van der Waals surface area contributed by atoms with Gasteiger partial charge in [0, 0.05) is 10.8 Å². The molecule has 2 atom stereocenters. The van der Waals surface area contributed by atoms with Crippen molar-refractivity contribution in [3.8, 4) is 0 Å². The predicted octanol–water partition coefficient (Wildman–Crippen LogP) is 4.09. The molecule has 0 radical (unpaired) electrons. The van der Waals surface area contributed by atoms with Gasteiger partial charge in [-0.3, -0.25) is 0 Å². The Labute approximate surface area is 129 Å². The summed E-state index contributed by atoms with van der Waals surface area (Å²) in [7, 11) is 0. The van der Waals surface area contributed by atoms with E-state index in [0.29, 0.717) is 12.3 Å². The van der Waals surface area contributed by atoms with Crippen molar-refractivity contribution in [3.63, 3.8) is 0 Å². The van der Waals surface area contributed by atoms with Gasteiger partial charge in [-0.15, -0.1) is 0 Å². The zero-order chi connectivity index (χ0) is 16.2. The Morgan fingerprint density at radius 2 is 1.71 bits per heavy atom. The fraction of sp³-hybridized carbons (Fsp3) is 0.684. The van der Waals surface area contributed by atoms with Crippen molar-refractivity contribution in [2.24, 2.45) is 5.41 Å². The normalized spacial score (nSPS) is 25.4. The second-order valence-electron chi connectivity index (χ2n) is 7.94. The van der Waals surface area contributed by atoms with Gasteiger partial charge in [0.15, 0.2) is 0 Å². The third-order valence-electron chi connectivity index (χ3n) is 5.83. The number of rotatable bonds is 4. The molecule has 0 fully saturated rings. The third kappa shape index (κ3) is 1.92. The highest BCUT2D eigenvalue weighted by Crippen LogP contribution is 2.63. The molecule has 0 heterocycles. The standard InChI is InChI=1S/C19H30O2/c1-8-16(20)18(6,7)19(21)14-10-9-13(12(2)3)11-15(14)17(19,4)5/h9-12,16,20-21H,8H2,1-7H3/t16-,19+/m1/s1. The highest BCUT2D eigenvalue weighted by molar-refractivity contribution is 5.55. The van der Waals surface area contributed by atoms with Crippen LogP contribution in [0.3, 0.4) is 0 Å². The van der Waals surface area contributed by atoms with Gasteiger partial charge < -0.3 is 10.2 Å². The number of benzene rings is 1. The zero-order valence-corrected chi connectivity index (χ0v) is 14.5. The Kier molecular flexibility index (Phi) is 3.79. The molecule has 0 saturated carbocycles. The second kappa shape index (κ2) is 4.82. The molecular formula is C19H30O2. The van der Waals surface area contributed by atoms with E-state index < -0.39 is 17.1 Å². The molecule has 2 heteroatoms. The highest BCUT2D eigenvalue weighted by Gasteiger charge is 2.65. The lowest BCUT2D eigenvalue weighted by Gasteiger charge is -2.62. The van der Waals surface area contributed by atoms with Gasteiger partial charge in [0.25, 0.3) is 0 Å². The molecule has 0 amide bonds. The fourth-order valence-corrected chi connectivity index (χ4v) is 4.13. The summed E-state index contributed by atoms with van der Waals surface area (Å²) in [5.41, 5.74) is 1.56. The number of hydrogen-bond donors (Lipinski definition) is 2. The molecule has 118 valence electrons. The van der Waals surface area contributed by atoms with Crippen molar-refractivity contribution >= 4 is 0 Å². The molecule has 2 N–H and O–H groups in total. The molecule has 0 saturated heterocycles. The number of fused-ring (bicyclic) bond motifs is 1. The fourth-order valence-electron chi connectivity index (χ4n) is 4.13. The average Bonchev–Trinajstić information content (AvgIpc) is 2.44. The summed E-state index contributed by atoms with van der Waals surface area (Å²) in [4.78, 5) is 0. The van der Waals surface area contributed by atoms with Crippen LogP contribution in [0.25, 0.3) is 0 Å². The molecule has 0 spiro atoms. The monoisotopic (exact) mass is 290 g/mol. The SMILES string of the molecule is CC[C@@H](O)C(C)(C)[C@]1(O)c2ccc(C(C)C)cc2C1(C)C. The van der Waals surface area contributed by atoms with E-state index in [1.807, 2.05) is 20.8 Å². The lowest BCUT2D eigenvalue weighted by atomic mass is 9.45. The van der Waals surface area contributed by atoms with Crippen LogP contribution >= 0.6 is 0 Å². The minimum Gasteiger partial charge on any atom is -0.392 e. The lowest BCUT2D eigenvalue weighted by molar-refractivity contribution is -0.191. The molecule has 1 aromatic rings. The maximum atomic E-state index is 11.5. The molecule has 1 aliphatic rings. The molecule has 0 aromatic heterocycles. The van der Waals surface area contributed by atoms with Gasteiger partial charge in [-0.1, -0.05) is 66.7 Å². The third-order valence-corrected chi connectivity index (χ3v) is 5.83. The maximum Gasteiger partial charge on any atom is 0.106 e. The topological polar surface area (TPSA) is 40.5 Å². The number of aliphatic hydroxyl groups is 2. The Balaban J connectivity index is 2.57. The van der Waals surface area contributed by atoms with E-state index >= 15 is 0 Å². The summed E-state index contributed by atoms with van der Waals surface area (Å²) in [5.74, 6) is 0.481. The van der Waals surface area contributed by atoms with Gasteiger partial charge in [0.05, 0.1) is 6.10 Å². The minimum absolute atomic E-state index is 0.354. The van der Waals surface area contributed by atoms with Crippen LogP contribution in [0.2, 0.25) is 0 Å². The van der Waals surface area contributed by atoms with Crippen LogP contribution in [0, 0.1) is 5.41 Å². The Morgan fingerprint density at radius 1 is 1.14 bits per heavy atom. The summed E-state index contributed by atoms with van der Waals surface area (Å²) < 4.78 is 0. The van der Waals surface area contributed by atoms with Crippen LogP contribution in [-0.4, -0.2) is 16.3 Å². The maximum absolute atomic E-state index is 11.5. The van der Waals surface area contributed by atoms with E-state index in [4.69, 9.17) is 0 Å². The van der Waals surface area contributed by atoms with Gasteiger partial charge >= 0.3 is 0 Å².